The van der Waals surface area contributed by atoms with Crippen molar-refractivity contribution in [3.8, 4) is 22.4 Å². The molecular formula is C24H22N2. The minimum Gasteiger partial charge on any atom is -0.256 e. The molecule has 0 unspecified atom stereocenters. The fraction of sp³-hybridized carbons (Fsp3) is 0.0833. The second kappa shape index (κ2) is 8.72. The van der Waals surface area contributed by atoms with E-state index in [0.717, 1.165) is 33.7 Å². The first-order chi connectivity index (χ1) is 12.8. The second-order valence-corrected chi connectivity index (χ2v) is 5.88. The highest BCUT2D eigenvalue weighted by Gasteiger charge is 2.04. The van der Waals surface area contributed by atoms with Gasteiger partial charge in [-0.25, -0.2) is 0 Å². The van der Waals surface area contributed by atoms with Gasteiger partial charge in [0.25, 0.3) is 0 Å². The van der Waals surface area contributed by atoms with Crippen molar-refractivity contribution in [1.29, 1.82) is 0 Å². The van der Waals surface area contributed by atoms with Gasteiger partial charge in [0.05, 0.1) is 11.4 Å². The van der Waals surface area contributed by atoms with Crippen molar-refractivity contribution in [2.24, 2.45) is 0 Å². The summed E-state index contributed by atoms with van der Waals surface area (Å²) in [6.07, 6.45) is 14.0. The van der Waals surface area contributed by atoms with Gasteiger partial charge in [0, 0.05) is 29.1 Å². The molecule has 0 atom stereocenters. The molecule has 3 rings (SSSR count). The maximum atomic E-state index is 4.63. The van der Waals surface area contributed by atoms with Gasteiger partial charge >= 0.3 is 0 Å². The van der Waals surface area contributed by atoms with Crippen LogP contribution in [-0.2, 0) is 0 Å². The van der Waals surface area contributed by atoms with Gasteiger partial charge < -0.3 is 0 Å². The number of rotatable bonds is 5. The van der Waals surface area contributed by atoms with Gasteiger partial charge in [0.1, 0.15) is 0 Å². The molecule has 0 aliphatic carbocycles. The number of benzene rings is 1. The third kappa shape index (κ3) is 4.22. The van der Waals surface area contributed by atoms with Crippen LogP contribution in [0.3, 0.4) is 0 Å². The zero-order chi connectivity index (χ0) is 18.2. The number of aromatic nitrogens is 2. The molecule has 128 valence electrons. The largest absolute Gasteiger partial charge is 0.256 e. The number of nitrogens with zero attached hydrogens (tertiary/aromatic N) is 2. The van der Waals surface area contributed by atoms with Gasteiger partial charge in [-0.3, -0.25) is 9.97 Å². The molecule has 2 heterocycles. The standard InChI is InChI=1S/C24H22N2/c1-3-5-10-19(9-4-2)23-15-13-21(17-25-23)22-14-16-24(26-18-22)20-11-7-6-8-12-20/h3-18H,1-2H3/b5-3-,9-4-,19-10+. The van der Waals surface area contributed by atoms with Crippen LogP contribution in [0.1, 0.15) is 19.5 Å². The van der Waals surface area contributed by atoms with Crippen molar-refractivity contribution in [1.82, 2.24) is 9.97 Å². The predicted octanol–water partition coefficient (Wildman–Crippen LogP) is 6.35. The topological polar surface area (TPSA) is 25.8 Å². The summed E-state index contributed by atoms with van der Waals surface area (Å²) in [6, 6.07) is 18.5. The average molecular weight is 338 g/mol. The summed E-state index contributed by atoms with van der Waals surface area (Å²) in [5.74, 6) is 0. The third-order valence-electron chi connectivity index (χ3n) is 4.04. The van der Waals surface area contributed by atoms with E-state index < -0.39 is 0 Å². The molecule has 0 N–H and O–H groups in total. The van der Waals surface area contributed by atoms with Crippen LogP contribution >= 0.6 is 0 Å². The van der Waals surface area contributed by atoms with Crippen LogP contribution in [0, 0.1) is 0 Å². The Bertz CT molecular complexity index is 916. The number of hydrogen-bond donors (Lipinski definition) is 0. The monoisotopic (exact) mass is 338 g/mol. The first kappa shape index (κ1) is 17.6. The molecule has 2 nitrogen and oxygen atoms in total. The second-order valence-electron chi connectivity index (χ2n) is 5.88. The van der Waals surface area contributed by atoms with E-state index in [4.69, 9.17) is 0 Å². The van der Waals surface area contributed by atoms with Gasteiger partial charge in [-0.05, 0) is 31.6 Å². The number of hydrogen-bond acceptors (Lipinski definition) is 2. The summed E-state index contributed by atoms with van der Waals surface area (Å²) in [5.41, 5.74) is 6.27. The lowest BCUT2D eigenvalue weighted by molar-refractivity contribution is 1.27. The van der Waals surface area contributed by atoms with Crippen LogP contribution in [0.25, 0.3) is 28.0 Å². The maximum Gasteiger partial charge on any atom is 0.0702 e. The third-order valence-corrected chi connectivity index (χ3v) is 4.04. The molecule has 0 aliphatic heterocycles. The van der Waals surface area contributed by atoms with E-state index >= 15 is 0 Å². The summed E-state index contributed by atoms with van der Waals surface area (Å²) < 4.78 is 0. The molecule has 0 fully saturated rings. The Morgan fingerprint density at radius 1 is 0.731 bits per heavy atom. The molecule has 0 aliphatic rings. The molecule has 0 saturated heterocycles. The van der Waals surface area contributed by atoms with Gasteiger partial charge in [-0.15, -0.1) is 0 Å². The Hall–Kier alpha value is -3.26. The Morgan fingerprint density at radius 2 is 1.46 bits per heavy atom. The van der Waals surface area contributed by atoms with E-state index in [1.807, 2.05) is 62.7 Å². The zero-order valence-corrected chi connectivity index (χ0v) is 15.1. The number of allylic oxidation sites excluding steroid dienone is 6. The zero-order valence-electron chi connectivity index (χ0n) is 15.1. The van der Waals surface area contributed by atoms with E-state index in [1.54, 1.807) is 0 Å². The van der Waals surface area contributed by atoms with Crippen LogP contribution < -0.4 is 0 Å². The van der Waals surface area contributed by atoms with Gasteiger partial charge in [0.15, 0.2) is 0 Å². The van der Waals surface area contributed by atoms with Crippen molar-refractivity contribution in [2.75, 3.05) is 0 Å². The van der Waals surface area contributed by atoms with Crippen molar-refractivity contribution >= 4 is 5.57 Å². The Morgan fingerprint density at radius 3 is 2.04 bits per heavy atom. The van der Waals surface area contributed by atoms with Crippen molar-refractivity contribution in [3.05, 3.63) is 103 Å². The summed E-state index contributed by atoms with van der Waals surface area (Å²) in [6.45, 7) is 4.02. The average Bonchev–Trinajstić information content (AvgIpc) is 2.72. The molecule has 3 aromatic rings. The van der Waals surface area contributed by atoms with Crippen LogP contribution in [-0.4, -0.2) is 9.97 Å². The molecule has 0 spiro atoms. The summed E-state index contributed by atoms with van der Waals surface area (Å²) in [7, 11) is 0. The molecule has 0 amide bonds. The highest BCUT2D eigenvalue weighted by molar-refractivity contribution is 5.74. The molecule has 0 radical (unpaired) electrons. The summed E-state index contributed by atoms with van der Waals surface area (Å²) in [4.78, 5) is 9.22. The maximum absolute atomic E-state index is 4.63. The number of pyridine rings is 2. The fourth-order valence-electron chi connectivity index (χ4n) is 2.69. The van der Waals surface area contributed by atoms with Crippen LogP contribution in [0.4, 0.5) is 0 Å². The van der Waals surface area contributed by atoms with E-state index in [-0.39, 0.29) is 0 Å². The predicted molar refractivity (Wildman–Crippen MR) is 111 cm³/mol. The van der Waals surface area contributed by atoms with Crippen LogP contribution in [0.5, 0.6) is 0 Å². The summed E-state index contributed by atoms with van der Waals surface area (Å²) in [5, 5.41) is 0. The molecule has 0 bridgehead atoms. The lowest BCUT2D eigenvalue weighted by Crippen LogP contribution is -1.89. The van der Waals surface area contributed by atoms with E-state index in [1.165, 1.54) is 0 Å². The molecule has 2 heteroatoms. The summed E-state index contributed by atoms with van der Waals surface area (Å²) >= 11 is 0. The molecule has 26 heavy (non-hydrogen) atoms. The smallest absolute Gasteiger partial charge is 0.0702 e. The molecular weight excluding hydrogens is 316 g/mol. The SMILES string of the molecule is C\C=C/C=C(\C=C/C)c1ccc(-c2ccc(-c3ccccc3)nc2)cn1. The van der Waals surface area contributed by atoms with Crippen LogP contribution in [0.2, 0.25) is 0 Å². The Labute approximate surface area is 155 Å². The van der Waals surface area contributed by atoms with Crippen molar-refractivity contribution in [3.63, 3.8) is 0 Å². The van der Waals surface area contributed by atoms with Gasteiger partial charge in [-0.2, -0.15) is 0 Å². The lowest BCUT2D eigenvalue weighted by atomic mass is 10.1. The Kier molecular flexibility index (Phi) is 5.89. The molecule has 1 aromatic carbocycles. The highest BCUT2D eigenvalue weighted by Crippen LogP contribution is 2.23. The first-order valence-corrected chi connectivity index (χ1v) is 8.76. The quantitative estimate of drug-likeness (QED) is 0.507. The normalized spacial score (nSPS) is 12.2. The van der Waals surface area contributed by atoms with E-state index in [2.05, 4.69) is 58.5 Å². The van der Waals surface area contributed by atoms with E-state index in [0.29, 0.717) is 0 Å². The molecule has 0 saturated carbocycles. The van der Waals surface area contributed by atoms with E-state index in [9.17, 15) is 0 Å². The fourth-order valence-corrected chi connectivity index (χ4v) is 2.69. The van der Waals surface area contributed by atoms with Crippen molar-refractivity contribution < 1.29 is 0 Å². The van der Waals surface area contributed by atoms with Gasteiger partial charge in [-0.1, -0.05) is 72.8 Å². The molecule has 2 aromatic heterocycles. The van der Waals surface area contributed by atoms with Crippen LogP contribution in [0.15, 0.2) is 97.4 Å². The van der Waals surface area contributed by atoms with Gasteiger partial charge in [0.2, 0.25) is 0 Å². The minimum atomic E-state index is 0.957. The minimum absolute atomic E-state index is 0.957. The lowest BCUT2D eigenvalue weighted by Gasteiger charge is -2.06. The van der Waals surface area contributed by atoms with Crippen molar-refractivity contribution in [2.45, 2.75) is 13.8 Å². The first-order valence-electron chi connectivity index (χ1n) is 8.76. The highest BCUT2D eigenvalue weighted by atomic mass is 14.7. The Balaban J connectivity index is 1.84.